The fourth-order valence-corrected chi connectivity index (χ4v) is 2.14. The molecule has 4 nitrogen and oxygen atoms in total. The first kappa shape index (κ1) is 12.2. The summed E-state index contributed by atoms with van der Waals surface area (Å²) in [7, 11) is 0. The van der Waals surface area contributed by atoms with Crippen LogP contribution in [-0.4, -0.2) is 21.2 Å². The molecule has 0 spiro atoms. The van der Waals surface area contributed by atoms with Crippen molar-refractivity contribution in [2.45, 2.75) is 40.2 Å². The quantitative estimate of drug-likeness (QED) is 0.803. The molecule has 1 aliphatic carbocycles. The Balaban J connectivity index is 2.34. The third-order valence-electron chi connectivity index (χ3n) is 3.53. The van der Waals surface area contributed by atoms with Crippen molar-refractivity contribution >= 4 is 23.0 Å². The van der Waals surface area contributed by atoms with Gasteiger partial charge in [0.1, 0.15) is 4.99 Å². The van der Waals surface area contributed by atoms with Gasteiger partial charge in [-0.05, 0) is 31.2 Å². The lowest BCUT2D eigenvalue weighted by atomic mass is 10.1. The third-order valence-corrected chi connectivity index (χ3v) is 3.73. The number of nitrogens with zero attached hydrogens (tertiary/aromatic N) is 2. The molecule has 0 saturated heterocycles. The Morgan fingerprint density at radius 2 is 2.00 bits per heavy atom. The Morgan fingerprint density at radius 1 is 1.41 bits per heavy atom. The number of nitrogens with one attached hydrogen (secondary N) is 1. The molecule has 0 radical (unpaired) electrons. The number of aryl methyl sites for hydroxylation is 1. The van der Waals surface area contributed by atoms with E-state index in [9.17, 15) is 0 Å². The van der Waals surface area contributed by atoms with Crippen molar-refractivity contribution in [3.63, 3.8) is 0 Å². The Bertz CT molecular complexity index is 482. The van der Waals surface area contributed by atoms with Gasteiger partial charge in [-0.2, -0.15) is 5.10 Å². The van der Waals surface area contributed by atoms with Gasteiger partial charge in [-0.3, -0.25) is 0 Å². The fraction of sp³-hybridized carbons (Fsp3) is 0.583. The zero-order valence-corrected chi connectivity index (χ0v) is 11.5. The molecule has 1 aromatic rings. The number of nitrogens with two attached hydrogens (primary N) is 1. The fourth-order valence-electron chi connectivity index (χ4n) is 1.89. The second-order valence-corrected chi connectivity index (χ2v) is 5.83. The van der Waals surface area contributed by atoms with Crippen LogP contribution in [0.2, 0.25) is 0 Å². The molecule has 1 unspecified atom stereocenters. The molecule has 17 heavy (non-hydrogen) atoms. The predicted octanol–water partition coefficient (Wildman–Crippen LogP) is 1.94. The van der Waals surface area contributed by atoms with Crippen LogP contribution in [0.25, 0.3) is 0 Å². The first-order valence-corrected chi connectivity index (χ1v) is 6.14. The number of hydrogen-bond donors (Lipinski definition) is 2. The lowest BCUT2D eigenvalue weighted by Gasteiger charge is -2.14. The van der Waals surface area contributed by atoms with E-state index >= 15 is 0 Å². The summed E-state index contributed by atoms with van der Waals surface area (Å²) in [6.07, 6.45) is 1.14. The largest absolute Gasteiger partial charge is 0.389 e. The van der Waals surface area contributed by atoms with Crippen LogP contribution in [-0.2, 0) is 0 Å². The Morgan fingerprint density at radius 3 is 2.47 bits per heavy atom. The maximum absolute atomic E-state index is 5.77. The van der Waals surface area contributed by atoms with Gasteiger partial charge >= 0.3 is 0 Å². The van der Waals surface area contributed by atoms with Gasteiger partial charge in [0.05, 0.1) is 11.3 Å². The van der Waals surface area contributed by atoms with Crippen LogP contribution in [0.5, 0.6) is 0 Å². The van der Waals surface area contributed by atoms with Crippen LogP contribution in [0, 0.1) is 19.3 Å². The summed E-state index contributed by atoms with van der Waals surface area (Å²) in [4.78, 5) is 0.376. The van der Waals surface area contributed by atoms with E-state index in [1.165, 1.54) is 0 Å². The molecule has 3 N–H and O–H groups in total. The van der Waals surface area contributed by atoms with E-state index in [0.717, 1.165) is 29.1 Å². The molecular formula is C12H18N4S. The highest BCUT2D eigenvalue weighted by atomic mass is 32.1. The van der Waals surface area contributed by atoms with Gasteiger partial charge in [0.15, 0.2) is 5.82 Å². The van der Waals surface area contributed by atoms with Gasteiger partial charge in [0.25, 0.3) is 0 Å². The van der Waals surface area contributed by atoms with Gasteiger partial charge in [-0.15, -0.1) is 5.10 Å². The molecule has 1 fully saturated rings. The summed E-state index contributed by atoms with van der Waals surface area (Å²) >= 11 is 5.10. The smallest absolute Gasteiger partial charge is 0.159 e. The van der Waals surface area contributed by atoms with E-state index in [1.54, 1.807) is 0 Å². The van der Waals surface area contributed by atoms with Gasteiger partial charge in [0, 0.05) is 6.04 Å². The number of anilines is 1. The maximum atomic E-state index is 5.77. The standard InChI is InChI=1S/C12H18N4S/c1-6-7(2)15-16-11(9(6)10(13)17)14-8-5-12(8,3)4/h8H,5H2,1-4H3,(H2,13,17)(H,14,16). The molecule has 1 atom stereocenters. The SMILES string of the molecule is Cc1nnc(NC2CC2(C)C)c(C(N)=S)c1C. The Labute approximate surface area is 107 Å². The van der Waals surface area contributed by atoms with Crippen molar-refractivity contribution < 1.29 is 0 Å². The van der Waals surface area contributed by atoms with Crippen LogP contribution >= 0.6 is 12.2 Å². The number of hydrogen-bond acceptors (Lipinski definition) is 4. The summed E-state index contributed by atoms with van der Waals surface area (Å²) < 4.78 is 0. The number of aromatic nitrogens is 2. The molecule has 1 aromatic heterocycles. The molecule has 1 heterocycles. The van der Waals surface area contributed by atoms with Crippen LogP contribution in [0.3, 0.4) is 0 Å². The molecule has 0 aromatic carbocycles. The normalized spacial score (nSPS) is 21.1. The van der Waals surface area contributed by atoms with E-state index in [-0.39, 0.29) is 0 Å². The van der Waals surface area contributed by atoms with Crippen molar-refractivity contribution in [3.05, 3.63) is 16.8 Å². The van der Waals surface area contributed by atoms with E-state index in [2.05, 4.69) is 29.4 Å². The van der Waals surface area contributed by atoms with Crippen LogP contribution in [0.1, 0.15) is 37.1 Å². The minimum Gasteiger partial charge on any atom is -0.389 e. The van der Waals surface area contributed by atoms with Gasteiger partial charge in [-0.25, -0.2) is 0 Å². The molecule has 1 saturated carbocycles. The number of rotatable bonds is 3. The molecule has 0 amide bonds. The van der Waals surface area contributed by atoms with Crippen molar-refractivity contribution in [2.75, 3.05) is 5.32 Å². The zero-order valence-electron chi connectivity index (χ0n) is 10.7. The lowest BCUT2D eigenvalue weighted by Crippen LogP contribution is -2.20. The van der Waals surface area contributed by atoms with Crippen molar-refractivity contribution in [3.8, 4) is 0 Å². The van der Waals surface area contributed by atoms with Gasteiger partial charge < -0.3 is 11.1 Å². The van der Waals surface area contributed by atoms with Crippen molar-refractivity contribution in [1.82, 2.24) is 10.2 Å². The molecular weight excluding hydrogens is 232 g/mol. The average Bonchev–Trinajstić information content (AvgIpc) is 2.79. The first-order valence-electron chi connectivity index (χ1n) is 5.73. The topological polar surface area (TPSA) is 63.8 Å². The lowest BCUT2D eigenvalue weighted by molar-refractivity contribution is 0.629. The summed E-state index contributed by atoms with van der Waals surface area (Å²) in [5, 5.41) is 11.7. The highest BCUT2D eigenvalue weighted by Crippen LogP contribution is 2.46. The minimum absolute atomic E-state index is 0.327. The van der Waals surface area contributed by atoms with Crippen LogP contribution < -0.4 is 11.1 Å². The molecule has 1 aliphatic rings. The van der Waals surface area contributed by atoms with Crippen LogP contribution in [0.4, 0.5) is 5.82 Å². The van der Waals surface area contributed by atoms with Crippen molar-refractivity contribution in [1.29, 1.82) is 0 Å². The van der Waals surface area contributed by atoms with E-state index in [1.807, 2.05) is 13.8 Å². The molecule has 0 aliphatic heterocycles. The Kier molecular flexibility index (Phi) is 2.81. The monoisotopic (exact) mass is 250 g/mol. The Hall–Kier alpha value is -1.23. The maximum Gasteiger partial charge on any atom is 0.159 e. The zero-order chi connectivity index (χ0) is 12.8. The molecule has 0 bridgehead atoms. The summed E-state index contributed by atoms with van der Waals surface area (Å²) in [6.45, 7) is 8.33. The molecule has 92 valence electrons. The third kappa shape index (κ3) is 2.24. The number of thiocarbonyl (C=S) groups is 1. The molecule has 2 rings (SSSR count). The second-order valence-electron chi connectivity index (χ2n) is 5.39. The minimum atomic E-state index is 0.327. The highest BCUT2D eigenvalue weighted by molar-refractivity contribution is 7.80. The summed E-state index contributed by atoms with van der Waals surface area (Å²) in [5.41, 5.74) is 8.80. The van der Waals surface area contributed by atoms with Crippen molar-refractivity contribution in [2.24, 2.45) is 11.1 Å². The van der Waals surface area contributed by atoms with E-state index in [0.29, 0.717) is 16.4 Å². The van der Waals surface area contributed by atoms with Crippen LogP contribution in [0.15, 0.2) is 0 Å². The predicted molar refractivity (Wildman–Crippen MR) is 73.2 cm³/mol. The first-order chi connectivity index (χ1) is 7.83. The second kappa shape index (κ2) is 3.91. The highest BCUT2D eigenvalue weighted by Gasteiger charge is 2.46. The average molecular weight is 250 g/mol. The van der Waals surface area contributed by atoms with E-state index in [4.69, 9.17) is 18.0 Å². The summed E-state index contributed by atoms with van der Waals surface area (Å²) in [6, 6.07) is 0.437. The van der Waals surface area contributed by atoms with Gasteiger partial charge in [-0.1, -0.05) is 26.1 Å². The summed E-state index contributed by atoms with van der Waals surface area (Å²) in [5.74, 6) is 0.719. The van der Waals surface area contributed by atoms with Gasteiger partial charge in [0.2, 0.25) is 0 Å². The molecule has 5 heteroatoms. The van der Waals surface area contributed by atoms with E-state index < -0.39 is 0 Å².